The van der Waals surface area contributed by atoms with Crippen molar-refractivity contribution >= 4 is 17.0 Å². The largest absolute Gasteiger partial charge is 0.279 e. The van der Waals surface area contributed by atoms with Crippen molar-refractivity contribution in [2.45, 2.75) is 136 Å². The average Bonchev–Trinajstić information content (AvgIpc) is 2.70. The van der Waals surface area contributed by atoms with Gasteiger partial charge in [0.2, 0.25) is 0 Å². The highest BCUT2D eigenvalue weighted by atomic mass is 31.1. The summed E-state index contributed by atoms with van der Waals surface area (Å²) in [6.07, 6.45) is 31.2. The van der Waals surface area contributed by atoms with Gasteiger partial charge < -0.3 is 0 Å². The highest BCUT2D eigenvalue weighted by Crippen LogP contribution is 2.39. The van der Waals surface area contributed by atoms with E-state index in [0.717, 1.165) is 0 Å². The maximum Gasteiger partial charge on any atom is 0.138 e. The second-order valence-electron chi connectivity index (χ2n) is 8.14. The van der Waals surface area contributed by atoms with Gasteiger partial charge in [0.15, 0.2) is 0 Å². The van der Waals surface area contributed by atoms with Crippen molar-refractivity contribution < 1.29 is 4.57 Å². The van der Waals surface area contributed by atoms with Crippen LogP contribution < -0.4 is 0 Å². The molecule has 0 aliphatic rings. The lowest BCUT2D eigenvalue weighted by atomic mass is 10.1. The minimum atomic E-state index is 0.366. The molecule has 0 heterocycles. The Bertz CT molecular complexity index is 210. The van der Waals surface area contributed by atoms with E-state index < -0.39 is 0 Å². The first-order chi connectivity index (χ1) is 13.3. The molecule has 0 radical (unpaired) electrons. The predicted molar refractivity (Wildman–Crippen MR) is 131 cm³/mol. The summed E-state index contributed by atoms with van der Waals surface area (Å²) < 4.78 is 8.06. The Labute approximate surface area is 176 Å². The van der Waals surface area contributed by atoms with Gasteiger partial charge in [0.1, 0.15) is 9.12 Å². The first kappa shape index (κ1) is 29.7. The zero-order valence-electron chi connectivity index (χ0n) is 19.2. The lowest BCUT2D eigenvalue weighted by molar-refractivity contribution is 0.607. The molecule has 0 aliphatic carbocycles. The van der Waals surface area contributed by atoms with E-state index in [-0.39, 0.29) is 0 Å². The molecule has 0 N–H and O–H groups in total. The molecule has 0 aromatic heterocycles. The molecule has 0 bridgehead atoms. The van der Waals surface area contributed by atoms with Crippen molar-refractivity contribution in [3.05, 3.63) is 0 Å². The minimum absolute atomic E-state index is 0.366. The molecular formula is C24H52OP2. The van der Waals surface area contributed by atoms with Crippen LogP contribution in [-0.4, -0.2) is 18.5 Å². The molecule has 0 spiro atoms. The van der Waals surface area contributed by atoms with E-state index in [1.165, 1.54) is 116 Å². The van der Waals surface area contributed by atoms with Crippen molar-refractivity contribution in [2.75, 3.05) is 18.5 Å². The molecule has 0 amide bonds. The summed E-state index contributed by atoms with van der Waals surface area (Å²) >= 11 is 0. The van der Waals surface area contributed by atoms with E-state index >= 15 is 0 Å². The number of rotatable bonds is 21. The fourth-order valence-electron chi connectivity index (χ4n) is 3.68. The third-order valence-electron chi connectivity index (χ3n) is 5.48. The molecule has 0 aliphatic heterocycles. The third kappa shape index (κ3) is 26.5. The second kappa shape index (κ2) is 28.7. The number of hydrogen-bond acceptors (Lipinski definition) is 1. The summed E-state index contributed by atoms with van der Waals surface area (Å²) in [6.45, 7) is 6.96. The SMILES string of the molecule is CCCCCCCCP(CCCCCCCC)CCCCCCCC.O=P. The smallest absolute Gasteiger partial charge is 0.138 e. The summed E-state index contributed by atoms with van der Waals surface area (Å²) in [6, 6.07) is 0. The van der Waals surface area contributed by atoms with Crippen LogP contribution in [0.2, 0.25) is 0 Å². The van der Waals surface area contributed by atoms with E-state index in [1.807, 2.05) is 0 Å². The monoisotopic (exact) mass is 418 g/mol. The van der Waals surface area contributed by atoms with Crippen molar-refractivity contribution in [3.63, 3.8) is 0 Å². The van der Waals surface area contributed by atoms with Crippen molar-refractivity contribution in [2.24, 2.45) is 0 Å². The van der Waals surface area contributed by atoms with Gasteiger partial charge in [-0.3, -0.25) is 4.57 Å². The highest BCUT2D eigenvalue weighted by molar-refractivity contribution is 7.57. The Morgan fingerprint density at radius 3 is 0.889 bits per heavy atom. The van der Waals surface area contributed by atoms with Gasteiger partial charge in [0.25, 0.3) is 0 Å². The standard InChI is InChI=1S/C24H51P.HOP/c1-4-7-10-13-16-19-22-25(23-20-17-14-11-8-5-2)24-21-18-15-12-9-6-3;1-2/h4-24H2,1-3H3;2H. The molecule has 1 nitrogen and oxygen atoms in total. The molecule has 0 atom stereocenters. The van der Waals surface area contributed by atoms with Gasteiger partial charge in [0, 0.05) is 0 Å². The third-order valence-corrected chi connectivity index (χ3v) is 8.33. The van der Waals surface area contributed by atoms with E-state index in [1.54, 1.807) is 27.6 Å². The van der Waals surface area contributed by atoms with Crippen LogP contribution >= 0.6 is 17.0 Å². The van der Waals surface area contributed by atoms with Gasteiger partial charge in [-0.05, 0) is 37.7 Å². The lowest BCUT2D eigenvalue weighted by Gasteiger charge is -2.18. The molecule has 0 aromatic carbocycles. The lowest BCUT2D eigenvalue weighted by Crippen LogP contribution is -1.97. The highest BCUT2D eigenvalue weighted by Gasteiger charge is 2.07. The molecule has 0 rings (SSSR count). The fraction of sp³-hybridized carbons (Fsp3) is 1.00. The Morgan fingerprint density at radius 2 is 0.630 bits per heavy atom. The van der Waals surface area contributed by atoms with Crippen molar-refractivity contribution in [3.8, 4) is 0 Å². The second-order valence-corrected chi connectivity index (χ2v) is 10.8. The van der Waals surface area contributed by atoms with Crippen LogP contribution in [0.1, 0.15) is 136 Å². The summed E-state index contributed by atoms with van der Waals surface area (Å²) in [7, 11) is 2.09. The molecule has 27 heavy (non-hydrogen) atoms. The number of unbranched alkanes of at least 4 members (excludes halogenated alkanes) is 15. The molecule has 164 valence electrons. The Morgan fingerprint density at radius 1 is 0.407 bits per heavy atom. The van der Waals surface area contributed by atoms with Crippen LogP contribution in [0, 0.1) is 0 Å². The van der Waals surface area contributed by atoms with E-state index in [0.29, 0.717) is 7.92 Å². The summed E-state index contributed by atoms with van der Waals surface area (Å²) in [5, 5.41) is 0. The van der Waals surface area contributed by atoms with Crippen molar-refractivity contribution in [1.82, 2.24) is 0 Å². The van der Waals surface area contributed by atoms with Gasteiger partial charge in [0.05, 0.1) is 0 Å². The Balaban J connectivity index is 0. The zero-order chi connectivity index (χ0) is 20.4. The first-order valence-electron chi connectivity index (χ1n) is 12.3. The van der Waals surface area contributed by atoms with E-state index in [4.69, 9.17) is 4.57 Å². The normalized spacial score (nSPS) is 10.8. The van der Waals surface area contributed by atoms with E-state index in [9.17, 15) is 0 Å². The Hall–Kier alpha value is 0.530. The molecular weight excluding hydrogens is 366 g/mol. The maximum absolute atomic E-state index is 8.06. The van der Waals surface area contributed by atoms with Crippen LogP contribution in [0.5, 0.6) is 0 Å². The maximum atomic E-state index is 8.06. The minimum Gasteiger partial charge on any atom is -0.279 e. The number of hydrogen-bond donors (Lipinski definition) is 0. The van der Waals surface area contributed by atoms with Crippen LogP contribution in [-0.2, 0) is 4.57 Å². The average molecular weight is 419 g/mol. The van der Waals surface area contributed by atoms with Gasteiger partial charge in [-0.2, -0.15) is 0 Å². The van der Waals surface area contributed by atoms with Crippen LogP contribution in [0.3, 0.4) is 0 Å². The van der Waals surface area contributed by atoms with E-state index in [2.05, 4.69) is 20.8 Å². The van der Waals surface area contributed by atoms with Crippen LogP contribution in [0.15, 0.2) is 0 Å². The fourth-order valence-corrected chi connectivity index (χ4v) is 6.37. The summed E-state index contributed by atoms with van der Waals surface area (Å²) in [5.41, 5.74) is 0. The molecule has 0 aromatic rings. The van der Waals surface area contributed by atoms with Gasteiger partial charge >= 0.3 is 0 Å². The molecule has 0 saturated heterocycles. The zero-order valence-corrected chi connectivity index (χ0v) is 21.1. The molecule has 0 fully saturated rings. The summed E-state index contributed by atoms with van der Waals surface area (Å²) in [4.78, 5) is 0. The van der Waals surface area contributed by atoms with Gasteiger partial charge in [-0.1, -0.05) is 117 Å². The van der Waals surface area contributed by atoms with Crippen LogP contribution in [0.25, 0.3) is 0 Å². The molecule has 0 saturated carbocycles. The summed E-state index contributed by atoms with van der Waals surface area (Å²) in [5.74, 6) is 0. The van der Waals surface area contributed by atoms with Crippen LogP contribution in [0.4, 0.5) is 0 Å². The predicted octanol–water partition coefficient (Wildman–Crippen LogP) is 10.0. The van der Waals surface area contributed by atoms with Gasteiger partial charge in [-0.15, -0.1) is 7.92 Å². The quantitative estimate of drug-likeness (QED) is 0.134. The van der Waals surface area contributed by atoms with Crippen molar-refractivity contribution in [1.29, 1.82) is 0 Å². The molecule has 0 unspecified atom stereocenters. The Kier molecular flexibility index (Phi) is 31.6. The van der Waals surface area contributed by atoms with Gasteiger partial charge in [-0.25, -0.2) is 0 Å². The topological polar surface area (TPSA) is 17.1 Å². The first-order valence-corrected chi connectivity index (χ1v) is 14.6. The molecule has 3 heteroatoms.